The van der Waals surface area contributed by atoms with E-state index in [-0.39, 0.29) is 50.4 Å². The predicted molar refractivity (Wildman–Crippen MR) is 115 cm³/mol. The van der Waals surface area contributed by atoms with Crippen LogP contribution in [0.1, 0.15) is 31.2 Å². The van der Waals surface area contributed by atoms with Gasteiger partial charge in [-0.25, -0.2) is 0 Å². The molecule has 0 unspecified atom stereocenters. The highest BCUT2D eigenvalue weighted by atomic mass is 16.5. The van der Waals surface area contributed by atoms with E-state index in [1.165, 1.54) is 0 Å². The number of rotatable bonds is 15. The van der Waals surface area contributed by atoms with Crippen LogP contribution in [0, 0.1) is 5.92 Å². The van der Waals surface area contributed by atoms with Crippen LogP contribution in [0.4, 0.5) is 0 Å². The molecule has 1 aromatic carbocycles. The second-order valence-corrected chi connectivity index (χ2v) is 6.90. The maximum atomic E-state index is 12.4. The lowest BCUT2D eigenvalue weighted by atomic mass is 9.99. The lowest BCUT2D eigenvalue weighted by Gasteiger charge is -2.19. The first-order valence-corrected chi connectivity index (χ1v) is 10.1. The third-order valence-corrected chi connectivity index (χ3v) is 4.38. The van der Waals surface area contributed by atoms with E-state index in [2.05, 4.69) is 23.8 Å². The minimum atomic E-state index is -0.588. The normalized spacial score (nSPS) is 12.3. The van der Waals surface area contributed by atoms with Crippen LogP contribution in [0.2, 0.25) is 0 Å². The van der Waals surface area contributed by atoms with E-state index in [1.807, 2.05) is 30.3 Å². The fourth-order valence-electron chi connectivity index (χ4n) is 2.83. The fraction of sp³-hybridized carbons (Fsp3) is 0.435. The molecule has 30 heavy (non-hydrogen) atoms. The monoisotopic (exact) mass is 416 g/mol. The molecule has 0 spiro atoms. The molecule has 0 bridgehead atoms. The first-order valence-electron chi connectivity index (χ1n) is 10.1. The second kappa shape index (κ2) is 15.0. The quantitative estimate of drug-likeness (QED) is 0.230. The van der Waals surface area contributed by atoms with E-state index >= 15 is 0 Å². The summed E-state index contributed by atoms with van der Waals surface area (Å²) in [5.74, 6) is -1.56. The highest BCUT2D eigenvalue weighted by Gasteiger charge is 2.22. The summed E-state index contributed by atoms with van der Waals surface area (Å²) in [5.41, 5.74) is 1.000. The van der Waals surface area contributed by atoms with Crippen LogP contribution in [0.25, 0.3) is 0 Å². The summed E-state index contributed by atoms with van der Waals surface area (Å²) in [7, 11) is 0. The van der Waals surface area contributed by atoms with Gasteiger partial charge in [0, 0.05) is 12.8 Å². The Hall–Kier alpha value is -2.93. The number of aliphatic hydroxyl groups is 1. The average Bonchev–Trinajstić information content (AvgIpc) is 2.75. The number of benzene rings is 1. The van der Waals surface area contributed by atoms with Crippen molar-refractivity contribution in [3.8, 4) is 0 Å². The Balaban J connectivity index is 2.45. The van der Waals surface area contributed by atoms with Crippen molar-refractivity contribution in [1.82, 2.24) is 10.6 Å². The maximum absolute atomic E-state index is 12.4. The van der Waals surface area contributed by atoms with Gasteiger partial charge in [-0.2, -0.15) is 0 Å². The average molecular weight is 417 g/mol. The first-order chi connectivity index (χ1) is 14.5. The predicted octanol–water partition coefficient (Wildman–Crippen LogP) is 1.91. The molecule has 0 saturated carbocycles. The number of esters is 1. The van der Waals surface area contributed by atoms with E-state index in [4.69, 9.17) is 4.74 Å². The van der Waals surface area contributed by atoms with Crippen molar-refractivity contribution in [2.24, 2.45) is 5.92 Å². The molecule has 1 aromatic rings. The molecule has 0 aromatic heterocycles. The maximum Gasteiger partial charge on any atom is 0.306 e. The largest absolute Gasteiger partial charge is 0.464 e. The Morgan fingerprint density at radius 2 is 1.87 bits per heavy atom. The molecule has 2 atom stereocenters. The molecule has 2 amide bonds. The molecule has 1 rings (SSSR count). The van der Waals surface area contributed by atoms with Gasteiger partial charge in [0.2, 0.25) is 11.8 Å². The molecule has 0 aliphatic heterocycles. The van der Waals surface area contributed by atoms with Gasteiger partial charge in [0.25, 0.3) is 0 Å². The van der Waals surface area contributed by atoms with Gasteiger partial charge in [-0.15, -0.1) is 13.2 Å². The number of amides is 2. The van der Waals surface area contributed by atoms with Crippen LogP contribution in [0.3, 0.4) is 0 Å². The standard InChI is InChI=1S/C23H32N2O5/c1-3-5-12-22(28)30-14-13-24-23(29)19(9-4-2)16-21(27)25-20(17-26)15-18-10-7-6-8-11-18/h3-4,6-8,10-11,19-20,26H,1-2,5,9,12-17H2,(H,24,29)(H,25,27)/t19-,20-/m1/s1. The van der Waals surface area contributed by atoms with Crippen molar-refractivity contribution < 1.29 is 24.2 Å². The molecular formula is C23H32N2O5. The topological polar surface area (TPSA) is 105 Å². The van der Waals surface area contributed by atoms with Gasteiger partial charge in [-0.1, -0.05) is 42.5 Å². The zero-order valence-corrected chi connectivity index (χ0v) is 17.3. The second-order valence-electron chi connectivity index (χ2n) is 6.90. The Morgan fingerprint density at radius 3 is 2.50 bits per heavy atom. The molecule has 0 heterocycles. The number of nitrogens with one attached hydrogen (secondary N) is 2. The van der Waals surface area contributed by atoms with E-state index < -0.39 is 12.0 Å². The Morgan fingerprint density at radius 1 is 1.13 bits per heavy atom. The van der Waals surface area contributed by atoms with Crippen LogP contribution < -0.4 is 10.6 Å². The molecule has 7 nitrogen and oxygen atoms in total. The van der Waals surface area contributed by atoms with Crippen molar-refractivity contribution in [2.75, 3.05) is 19.8 Å². The Labute approximate surface area is 178 Å². The van der Waals surface area contributed by atoms with Gasteiger partial charge in [0.1, 0.15) is 6.61 Å². The van der Waals surface area contributed by atoms with Gasteiger partial charge in [-0.3, -0.25) is 14.4 Å². The van der Waals surface area contributed by atoms with E-state index in [9.17, 15) is 19.5 Å². The first kappa shape index (κ1) is 25.1. The number of allylic oxidation sites excluding steroid dienone is 2. The van der Waals surface area contributed by atoms with E-state index in [0.29, 0.717) is 19.3 Å². The number of hydrogen-bond donors (Lipinski definition) is 3. The molecule has 7 heteroatoms. The lowest BCUT2D eigenvalue weighted by molar-refractivity contribution is -0.144. The van der Waals surface area contributed by atoms with Gasteiger partial charge in [0.15, 0.2) is 0 Å². The van der Waals surface area contributed by atoms with Crippen molar-refractivity contribution in [3.63, 3.8) is 0 Å². The van der Waals surface area contributed by atoms with Crippen molar-refractivity contribution >= 4 is 17.8 Å². The Kier molecular flexibility index (Phi) is 12.5. The van der Waals surface area contributed by atoms with Crippen LogP contribution in [0.5, 0.6) is 0 Å². The summed E-state index contributed by atoms with van der Waals surface area (Å²) < 4.78 is 5.01. The third-order valence-electron chi connectivity index (χ3n) is 4.38. The number of hydrogen-bond acceptors (Lipinski definition) is 5. The van der Waals surface area contributed by atoms with E-state index in [0.717, 1.165) is 5.56 Å². The minimum absolute atomic E-state index is 0.0255. The summed E-state index contributed by atoms with van der Waals surface area (Å²) >= 11 is 0. The fourth-order valence-corrected chi connectivity index (χ4v) is 2.83. The zero-order chi connectivity index (χ0) is 22.2. The van der Waals surface area contributed by atoms with E-state index in [1.54, 1.807) is 12.2 Å². The number of aliphatic hydroxyl groups excluding tert-OH is 1. The summed E-state index contributed by atoms with van der Waals surface area (Å²) in [6, 6.07) is 9.11. The van der Waals surface area contributed by atoms with Gasteiger partial charge < -0.3 is 20.5 Å². The molecule has 3 N–H and O–H groups in total. The highest BCUT2D eigenvalue weighted by Crippen LogP contribution is 2.11. The van der Waals surface area contributed by atoms with Crippen LogP contribution in [-0.4, -0.2) is 48.7 Å². The lowest BCUT2D eigenvalue weighted by Crippen LogP contribution is -2.42. The van der Waals surface area contributed by atoms with Crippen molar-refractivity contribution in [1.29, 1.82) is 0 Å². The molecule has 0 fully saturated rings. The van der Waals surface area contributed by atoms with Crippen molar-refractivity contribution in [3.05, 3.63) is 61.2 Å². The van der Waals surface area contributed by atoms with Crippen LogP contribution in [0.15, 0.2) is 55.6 Å². The Bertz CT molecular complexity index is 690. The van der Waals surface area contributed by atoms with Gasteiger partial charge in [-0.05, 0) is 24.8 Å². The molecule has 0 aliphatic carbocycles. The highest BCUT2D eigenvalue weighted by molar-refractivity contribution is 5.86. The summed E-state index contributed by atoms with van der Waals surface area (Å²) in [5, 5.41) is 15.0. The number of carbonyl (C=O) groups is 3. The SMILES string of the molecule is C=CCCC(=O)OCCNC(=O)[C@H](CC=C)CC(=O)N[C@@H](CO)Cc1ccccc1. The molecule has 164 valence electrons. The number of ether oxygens (including phenoxy) is 1. The summed E-state index contributed by atoms with van der Waals surface area (Å²) in [4.78, 5) is 36.2. The van der Waals surface area contributed by atoms with Crippen LogP contribution >= 0.6 is 0 Å². The molecule has 0 saturated heterocycles. The van der Waals surface area contributed by atoms with Gasteiger partial charge in [0.05, 0.1) is 25.1 Å². The minimum Gasteiger partial charge on any atom is -0.464 e. The van der Waals surface area contributed by atoms with Crippen LogP contribution in [-0.2, 0) is 25.5 Å². The third kappa shape index (κ3) is 10.6. The zero-order valence-electron chi connectivity index (χ0n) is 17.3. The number of carbonyl (C=O) groups excluding carboxylic acids is 3. The molecular weight excluding hydrogens is 384 g/mol. The van der Waals surface area contributed by atoms with Crippen molar-refractivity contribution in [2.45, 2.75) is 38.1 Å². The summed E-state index contributed by atoms with van der Waals surface area (Å²) in [6.07, 6.45) is 4.82. The van der Waals surface area contributed by atoms with Gasteiger partial charge >= 0.3 is 5.97 Å². The molecule has 0 radical (unpaired) electrons. The molecule has 0 aliphatic rings. The summed E-state index contributed by atoms with van der Waals surface area (Å²) in [6.45, 7) is 7.22. The smallest absolute Gasteiger partial charge is 0.306 e.